The van der Waals surface area contributed by atoms with Gasteiger partial charge in [-0.1, -0.05) is 24.3 Å². The summed E-state index contributed by atoms with van der Waals surface area (Å²) in [5.41, 5.74) is 1.73. The molecule has 94 valence electrons. The lowest BCUT2D eigenvalue weighted by molar-refractivity contribution is 0.282. The van der Waals surface area contributed by atoms with Gasteiger partial charge in [0.25, 0.3) is 0 Å². The lowest BCUT2D eigenvalue weighted by Gasteiger charge is -2.06. The van der Waals surface area contributed by atoms with Crippen LogP contribution in [0.25, 0.3) is 0 Å². The highest BCUT2D eigenvalue weighted by Crippen LogP contribution is 2.29. The highest BCUT2D eigenvalue weighted by molar-refractivity contribution is 7.89. The molecule has 0 radical (unpaired) electrons. The summed E-state index contributed by atoms with van der Waals surface area (Å²) in [5, 5.41) is 8.88. The molecule has 0 heterocycles. The maximum atomic E-state index is 11.6. The smallest absolute Gasteiger partial charge is 0.212 e. The van der Waals surface area contributed by atoms with Gasteiger partial charge in [0.15, 0.2) is 0 Å². The molecule has 1 saturated carbocycles. The van der Waals surface area contributed by atoms with E-state index in [2.05, 4.69) is 4.72 Å². The molecular weight excluding hydrogens is 238 g/mol. The summed E-state index contributed by atoms with van der Waals surface area (Å²) in [6.07, 6.45) is 2.07. The van der Waals surface area contributed by atoms with Crippen LogP contribution in [0, 0.1) is 5.92 Å². The number of aliphatic hydroxyl groups excluding tert-OH is 1. The van der Waals surface area contributed by atoms with Crippen LogP contribution in [0.4, 0.5) is 0 Å². The van der Waals surface area contributed by atoms with Crippen LogP contribution in [-0.4, -0.2) is 19.3 Å². The van der Waals surface area contributed by atoms with E-state index >= 15 is 0 Å². The lowest BCUT2D eigenvalue weighted by Crippen LogP contribution is -2.26. The molecule has 0 aliphatic heterocycles. The Morgan fingerprint density at radius 2 is 1.76 bits per heavy atom. The molecule has 0 saturated heterocycles. The number of benzene rings is 1. The fourth-order valence-corrected chi connectivity index (χ4v) is 3.07. The van der Waals surface area contributed by atoms with Crippen LogP contribution in [0.3, 0.4) is 0 Å². The van der Waals surface area contributed by atoms with Crippen molar-refractivity contribution in [2.75, 3.05) is 5.75 Å². The molecule has 2 rings (SSSR count). The van der Waals surface area contributed by atoms with Gasteiger partial charge in [0.1, 0.15) is 0 Å². The molecule has 1 aromatic rings. The average Bonchev–Trinajstić information content (AvgIpc) is 3.10. The molecule has 17 heavy (non-hydrogen) atoms. The SMILES string of the molecule is O=S(=O)(CC1CC1)NCc1ccc(CO)cc1. The van der Waals surface area contributed by atoms with Crippen molar-refractivity contribution in [3.05, 3.63) is 35.4 Å². The molecule has 0 aromatic heterocycles. The van der Waals surface area contributed by atoms with Crippen molar-refractivity contribution in [3.63, 3.8) is 0 Å². The molecule has 2 N–H and O–H groups in total. The van der Waals surface area contributed by atoms with Gasteiger partial charge in [-0.3, -0.25) is 0 Å². The third-order valence-corrected chi connectivity index (χ3v) is 4.35. The number of hydrogen-bond acceptors (Lipinski definition) is 3. The minimum Gasteiger partial charge on any atom is -0.392 e. The predicted octanol–water partition coefficient (Wildman–Crippen LogP) is 1.01. The lowest BCUT2D eigenvalue weighted by atomic mass is 10.1. The molecule has 5 heteroatoms. The third-order valence-electron chi connectivity index (χ3n) is 2.85. The van der Waals surface area contributed by atoms with E-state index in [1.807, 2.05) is 12.1 Å². The zero-order valence-electron chi connectivity index (χ0n) is 9.59. The summed E-state index contributed by atoms with van der Waals surface area (Å²) >= 11 is 0. The maximum Gasteiger partial charge on any atom is 0.212 e. The Morgan fingerprint density at radius 3 is 2.29 bits per heavy atom. The molecule has 4 nitrogen and oxygen atoms in total. The van der Waals surface area contributed by atoms with Crippen molar-refractivity contribution in [3.8, 4) is 0 Å². The number of aliphatic hydroxyl groups is 1. The summed E-state index contributed by atoms with van der Waals surface area (Å²) in [6.45, 7) is 0.328. The second-order valence-electron chi connectivity index (χ2n) is 4.52. The second kappa shape index (κ2) is 5.16. The van der Waals surface area contributed by atoms with Crippen LogP contribution in [0.2, 0.25) is 0 Å². The van der Waals surface area contributed by atoms with Crippen LogP contribution >= 0.6 is 0 Å². The number of nitrogens with one attached hydrogen (secondary N) is 1. The molecule has 0 spiro atoms. The Balaban J connectivity index is 1.87. The number of hydrogen-bond donors (Lipinski definition) is 2. The van der Waals surface area contributed by atoms with Crippen molar-refractivity contribution >= 4 is 10.0 Å². The molecule has 0 atom stereocenters. The van der Waals surface area contributed by atoms with Crippen molar-refractivity contribution in [1.29, 1.82) is 0 Å². The average molecular weight is 255 g/mol. The molecule has 1 aliphatic rings. The van der Waals surface area contributed by atoms with Crippen LogP contribution in [0.15, 0.2) is 24.3 Å². The van der Waals surface area contributed by atoms with Gasteiger partial charge in [-0.2, -0.15) is 0 Å². The predicted molar refractivity (Wildman–Crippen MR) is 65.7 cm³/mol. The maximum absolute atomic E-state index is 11.6. The molecule has 0 bridgehead atoms. The first-order chi connectivity index (χ1) is 8.09. The summed E-state index contributed by atoms with van der Waals surface area (Å²) < 4.78 is 25.8. The van der Waals surface area contributed by atoms with Crippen molar-refractivity contribution < 1.29 is 13.5 Å². The van der Waals surface area contributed by atoms with Crippen LogP contribution < -0.4 is 4.72 Å². The van der Waals surface area contributed by atoms with Crippen LogP contribution in [0.1, 0.15) is 24.0 Å². The standard InChI is InChI=1S/C12H17NO3S/c14-8-11-3-1-10(2-4-11)7-13-17(15,16)9-12-5-6-12/h1-4,12-14H,5-9H2. The molecule has 0 amide bonds. The van der Waals surface area contributed by atoms with Crippen molar-refractivity contribution in [1.82, 2.24) is 4.72 Å². The van der Waals surface area contributed by atoms with Crippen molar-refractivity contribution in [2.24, 2.45) is 5.92 Å². The van der Waals surface area contributed by atoms with E-state index in [1.165, 1.54) is 0 Å². The van der Waals surface area contributed by atoms with E-state index in [-0.39, 0.29) is 12.4 Å². The first-order valence-electron chi connectivity index (χ1n) is 5.75. The highest BCUT2D eigenvalue weighted by Gasteiger charge is 2.27. The van der Waals surface area contributed by atoms with Gasteiger partial charge in [0, 0.05) is 6.54 Å². The summed E-state index contributed by atoms with van der Waals surface area (Å²) in [4.78, 5) is 0. The normalized spacial score (nSPS) is 16.1. The molecule has 1 aliphatic carbocycles. The molecule has 1 aromatic carbocycles. The summed E-state index contributed by atoms with van der Waals surface area (Å²) in [6, 6.07) is 7.24. The van der Waals surface area contributed by atoms with Gasteiger partial charge >= 0.3 is 0 Å². The number of sulfonamides is 1. The van der Waals surface area contributed by atoms with E-state index < -0.39 is 10.0 Å². The summed E-state index contributed by atoms with van der Waals surface area (Å²) in [7, 11) is -3.13. The van der Waals surface area contributed by atoms with E-state index in [1.54, 1.807) is 12.1 Å². The van der Waals surface area contributed by atoms with E-state index in [0.29, 0.717) is 12.5 Å². The fraction of sp³-hybridized carbons (Fsp3) is 0.500. The van der Waals surface area contributed by atoms with Gasteiger partial charge in [0.2, 0.25) is 10.0 Å². The van der Waals surface area contributed by atoms with Gasteiger partial charge in [0.05, 0.1) is 12.4 Å². The van der Waals surface area contributed by atoms with Gasteiger partial charge in [-0.05, 0) is 29.9 Å². The van der Waals surface area contributed by atoms with Crippen LogP contribution in [-0.2, 0) is 23.2 Å². The minimum absolute atomic E-state index is 0.00763. The molecular formula is C12H17NO3S. The topological polar surface area (TPSA) is 66.4 Å². The van der Waals surface area contributed by atoms with Gasteiger partial charge in [-0.15, -0.1) is 0 Å². The van der Waals surface area contributed by atoms with Crippen molar-refractivity contribution in [2.45, 2.75) is 26.0 Å². The molecule has 1 fully saturated rings. The largest absolute Gasteiger partial charge is 0.392 e. The quantitative estimate of drug-likeness (QED) is 0.797. The Hall–Kier alpha value is -0.910. The first kappa shape index (κ1) is 12.5. The van der Waals surface area contributed by atoms with Gasteiger partial charge in [-0.25, -0.2) is 13.1 Å². The highest BCUT2D eigenvalue weighted by atomic mass is 32.2. The van der Waals surface area contributed by atoms with E-state index in [4.69, 9.17) is 5.11 Å². The minimum atomic E-state index is -3.13. The zero-order valence-corrected chi connectivity index (χ0v) is 10.4. The monoisotopic (exact) mass is 255 g/mol. The van der Waals surface area contributed by atoms with Crippen LogP contribution in [0.5, 0.6) is 0 Å². The first-order valence-corrected chi connectivity index (χ1v) is 7.40. The molecule has 0 unspecified atom stereocenters. The Morgan fingerprint density at radius 1 is 1.18 bits per heavy atom. The Kier molecular flexibility index (Phi) is 3.81. The second-order valence-corrected chi connectivity index (χ2v) is 6.37. The Bertz CT molecular complexity index is 463. The third kappa shape index (κ3) is 4.11. The van der Waals surface area contributed by atoms with E-state index in [0.717, 1.165) is 24.0 Å². The van der Waals surface area contributed by atoms with E-state index in [9.17, 15) is 8.42 Å². The summed E-state index contributed by atoms with van der Waals surface area (Å²) in [5.74, 6) is 0.617. The number of rotatable bonds is 6. The fourth-order valence-electron chi connectivity index (χ4n) is 1.61. The Labute approximate surface area is 102 Å². The zero-order chi connectivity index (χ0) is 12.3. The van der Waals surface area contributed by atoms with Gasteiger partial charge < -0.3 is 5.11 Å².